The number of rotatable bonds is 4. The van der Waals surface area contributed by atoms with E-state index in [1.807, 2.05) is 48.3 Å². The van der Waals surface area contributed by atoms with Crippen molar-refractivity contribution in [2.45, 2.75) is 13.0 Å². The molecule has 0 saturated heterocycles. The van der Waals surface area contributed by atoms with Crippen molar-refractivity contribution in [3.8, 4) is 11.8 Å². The fourth-order valence-electron chi connectivity index (χ4n) is 2.41. The van der Waals surface area contributed by atoms with Crippen molar-refractivity contribution in [3.05, 3.63) is 53.6 Å². The van der Waals surface area contributed by atoms with E-state index in [2.05, 4.69) is 6.07 Å². The molecule has 0 heterocycles. The third-order valence-electron chi connectivity index (χ3n) is 3.43. The van der Waals surface area contributed by atoms with Crippen molar-refractivity contribution in [3.63, 3.8) is 0 Å². The molecule has 0 spiro atoms. The lowest BCUT2D eigenvalue weighted by Gasteiger charge is -2.25. The number of anilines is 2. The zero-order valence-corrected chi connectivity index (χ0v) is 12.4. The van der Waals surface area contributed by atoms with Gasteiger partial charge in [0.05, 0.1) is 30.2 Å². The van der Waals surface area contributed by atoms with E-state index >= 15 is 0 Å². The first-order valence-corrected chi connectivity index (χ1v) is 6.68. The second-order valence-electron chi connectivity index (χ2n) is 4.76. The maximum atomic E-state index is 10.1. The van der Waals surface area contributed by atoms with E-state index in [9.17, 15) is 10.4 Å². The fourth-order valence-corrected chi connectivity index (χ4v) is 2.41. The van der Waals surface area contributed by atoms with Crippen molar-refractivity contribution in [1.29, 1.82) is 5.26 Å². The molecule has 0 fully saturated rings. The largest absolute Gasteiger partial charge is 0.496 e. The fraction of sp³-hybridized carbons (Fsp3) is 0.235. The van der Waals surface area contributed by atoms with E-state index in [0.717, 1.165) is 11.4 Å². The van der Waals surface area contributed by atoms with Gasteiger partial charge in [0.2, 0.25) is 0 Å². The Morgan fingerprint density at radius 3 is 2.43 bits per heavy atom. The van der Waals surface area contributed by atoms with Crippen LogP contribution in [0.4, 0.5) is 11.4 Å². The summed E-state index contributed by atoms with van der Waals surface area (Å²) in [4.78, 5) is 1.89. The molecule has 21 heavy (non-hydrogen) atoms. The summed E-state index contributed by atoms with van der Waals surface area (Å²) in [6, 6.07) is 15.1. The summed E-state index contributed by atoms with van der Waals surface area (Å²) >= 11 is 0. The number of methoxy groups -OCH3 is 1. The molecule has 1 unspecified atom stereocenters. The number of para-hydroxylation sites is 1. The Morgan fingerprint density at radius 1 is 1.14 bits per heavy atom. The van der Waals surface area contributed by atoms with Crippen LogP contribution in [0.2, 0.25) is 0 Å². The Kier molecular flexibility index (Phi) is 4.46. The van der Waals surface area contributed by atoms with Crippen molar-refractivity contribution < 1.29 is 9.84 Å². The number of aliphatic hydroxyl groups is 1. The highest BCUT2D eigenvalue weighted by atomic mass is 16.5. The van der Waals surface area contributed by atoms with Gasteiger partial charge in [-0.25, -0.2) is 0 Å². The average molecular weight is 282 g/mol. The van der Waals surface area contributed by atoms with Gasteiger partial charge in [0.15, 0.2) is 0 Å². The normalized spacial score (nSPS) is 11.6. The smallest absolute Gasteiger partial charge is 0.126 e. The lowest BCUT2D eigenvalue weighted by Crippen LogP contribution is -2.14. The summed E-state index contributed by atoms with van der Waals surface area (Å²) in [6.45, 7) is 1.70. The van der Waals surface area contributed by atoms with Crippen LogP contribution < -0.4 is 9.64 Å². The zero-order chi connectivity index (χ0) is 15.4. The van der Waals surface area contributed by atoms with Crippen LogP contribution in [-0.4, -0.2) is 19.3 Å². The number of hydrogen-bond acceptors (Lipinski definition) is 4. The summed E-state index contributed by atoms with van der Waals surface area (Å²) in [5.74, 6) is 0.629. The Morgan fingerprint density at radius 2 is 1.81 bits per heavy atom. The molecule has 2 aromatic carbocycles. The minimum absolute atomic E-state index is 0.583. The van der Waals surface area contributed by atoms with E-state index in [1.54, 1.807) is 20.1 Å². The second kappa shape index (κ2) is 6.29. The first-order valence-electron chi connectivity index (χ1n) is 6.68. The van der Waals surface area contributed by atoms with Gasteiger partial charge in [-0.3, -0.25) is 0 Å². The predicted molar refractivity (Wildman–Crippen MR) is 82.8 cm³/mol. The highest BCUT2D eigenvalue weighted by Gasteiger charge is 2.18. The van der Waals surface area contributed by atoms with Crippen molar-refractivity contribution in [1.82, 2.24) is 0 Å². The third kappa shape index (κ3) is 2.83. The molecule has 108 valence electrons. The van der Waals surface area contributed by atoms with Gasteiger partial charge in [-0.15, -0.1) is 0 Å². The van der Waals surface area contributed by atoms with E-state index < -0.39 is 6.10 Å². The van der Waals surface area contributed by atoms with Gasteiger partial charge < -0.3 is 14.7 Å². The second-order valence-corrected chi connectivity index (χ2v) is 4.76. The van der Waals surface area contributed by atoms with Crippen LogP contribution in [0.25, 0.3) is 0 Å². The molecule has 0 aromatic heterocycles. The highest BCUT2D eigenvalue weighted by Crippen LogP contribution is 2.37. The number of ether oxygens (including phenoxy) is 1. The number of nitrogens with zero attached hydrogens (tertiary/aromatic N) is 2. The van der Waals surface area contributed by atoms with Crippen molar-refractivity contribution >= 4 is 11.4 Å². The minimum Gasteiger partial charge on any atom is -0.496 e. The van der Waals surface area contributed by atoms with Gasteiger partial charge in [-0.05, 0) is 31.2 Å². The van der Waals surface area contributed by atoms with Gasteiger partial charge in [-0.2, -0.15) is 5.26 Å². The summed E-state index contributed by atoms with van der Waals surface area (Å²) < 4.78 is 5.34. The summed E-state index contributed by atoms with van der Waals surface area (Å²) in [7, 11) is 3.45. The predicted octanol–water partition coefficient (Wildman–Crippen LogP) is 3.39. The molecule has 0 saturated carbocycles. The molecule has 4 nitrogen and oxygen atoms in total. The van der Waals surface area contributed by atoms with Gasteiger partial charge in [0.1, 0.15) is 11.8 Å². The van der Waals surface area contributed by atoms with Gasteiger partial charge in [-0.1, -0.05) is 18.2 Å². The Hall–Kier alpha value is -2.51. The molecule has 1 atom stereocenters. The molecular weight excluding hydrogens is 264 g/mol. The quantitative estimate of drug-likeness (QED) is 0.934. The SMILES string of the molecule is COc1cccc(N(C)c2ccccc2C#N)c1C(C)O. The standard InChI is InChI=1S/C17H18N2O2/c1-12(20)17-15(9-6-10-16(17)21-3)19(2)14-8-5-4-7-13(14)11-18/h4-10,12,20H,1-3H3. The monoisotopic (exact) mass is 282 g/mol. The van der Waals surface area contributed by atoms with E-state index in [4.69, 9.17) is 4.74 Å². The first kappa shape index (κ1) is 14.9. The minimum atomic E-state index is -0.673. The summed E-state index contributed by atoms with van der Waals surface area (Å²) in [6.07, 6.45) is -0.673. The van der Waals surface area contributed by atoms with E-state index in [0.29, 0.717) is 16.9 Å². The number of hydrogen-bond donors (Lipinski definition) is 1. The molecule has 2 aromatic rings. The molecule has 4 heteroatoms. The van der Waals surface area contributed by atoms with Crippen LogP contribution in [0.1, 0.15) is 24.2 Å². The Bertz CT molecular complexity index is 675. The molecule has 0 aliphatic heterocycles. The zero-order valence-electron chi connectivity index (χ0n) is 12.4. The molecule has 0 amide bonds. The maximum absolute atomic E-state index is 10.1. The number of nitriles is 1. The van der Waals surface area contributed by atoms with Crippen LogP contribution in [0.3, 0.4) is 0 Å². The van der Waals surface area contributed by atoms with Gasteiger partial charge in [0.25, 0.3) is 0 Å². The van der Waals surface area contributed by atoms with Crippen LogP contribution in [0.5, 0.6) is 5.75 Å². The lowest BCUT2D eigenvalue weighted by atomic mass is 10.0. The number of aliphatic hydroxyl groups excluding tert-OH is 1. The van der Waals surface area contributed by atoms with Crippen LogP contribution >= 0.6 is 0 Å². The first-order chi connectivity index (χ1) is 10.1. The molecular formula is C17H18N2O2. The lowest BCUT2D eigenvalue weighted by molar-refractivity contribution is 0.195. The van der Waals surface area contributed by atoms with E-state index in [-0.39, 0.29) is 0 Å². The molecule has 0 radical (unpaired) electrons. The molecule has 0 aliphatic carbocycles. The summed E-state index contributed by atoms with van der Waals surface area (Å²) in [5, 5.41) is 19.3. The topological polar surface area (TPSA) is 56.5 Å². The van der Waals surface area contributed by atoms with Crippen LogP contribution in [0.15, 0.2) is 42.5 Å². The third-order valence-corrected chi connectivity index (χ3v) is 3.43. The Labute approximate surface area is 124 Å². The van der Waals surface area contributed by atoms with Crippen molar-refractivity contribution in [2.75, 3.05) is 19.1 Å². The maximum Gasteiger partial charge on any atom is 0.126 e. The van der Waals surface area contributed by atoms with Crippen LogP contribution in [0, 0.1) is 11.3 Å². The Balaban J connectivity index is 2.59. The number of benzene rings is 2. The van der Waals surface area contributed by atoms with Gasteiger partial charge in [0, 0.05) is 12.6 Å². The van der Waals surface area contributed by atoms with E-state index in [1.165, 1.54) is 0 Å². The van der Waals surface area contributed by atoms with Crippen LogP contribution in [-0.2, 0) is 0 Å². The van der Waals surface area contributed by atoms with Crippen molar-refractivity contribution in [2.24, 2.45) is 0 Å². The molecule has 0 aliphatic rings. The molecule has 2 rings (SSSR count). The average Bonchev–Trinajstić information content (AvgIpc) is 2.53. The molecule has 1 N–H and O–H groups in total. The highest BCUT2D eigenvalue weighted by molar-refractivity contribution is 5.72. The molecule has 0 bridgehead atoms. The van der Waals surface area contributed by atoms with Gasteiger partial charge >= 0.3 is 0 Å². The summed E-state index contributed by atoms with van der Waals surface area (Å²) in [5.41, 5.74) is 2.89.